The van der Waals surface area contributed by atoms with Crippen LogP contribution in [0.1, 0.15) is 65.8 Å². The Hall–Kier alpha value is -4.81. The van der Waals surface area contributed by atoms with Gasteiger partial charge in [-0.1, -0.05) is 33.5 Å². The lowest BCUT2D eigenvalue weighted by molar-refractivity contribution is 0.0876. The number of aromatic nitrogens is 4. The molecular formula is C38H44FN5O5Si. The molecule has 4 heterocycles. The molecule has 262 valence electrons. The Balaban J connectivity index is 1.23. The third-order valence-electron chi connectivity index (χ3n) is 8.87. The zero-order valence-corrected chi connectivity index (χ0v) is 30.7. The Bertz CT molecular complexity index is 2120. The molecule has 0 spiro atoms. The smallest absolute Gasteiger partial charge is 0.268 e. The Morgan fingerprint density at radius 2 is 1.84 bits per heavy atom. The van der Waals surface area contributed by atoms with Crippen LogP contribution in [0.2, 0.25) is 25.7 Å². The number of fused-ring (bicyclic) bond motifs is 1. The summed E-state index contributed by atoms with van der Waals surface area (Å²) in [6, 6.07) is 14.0. The molecule has 1 saturated carbocycles. The summed E-state index contributed by atoms with van der Waals surface area (Å²) in [5.41, 5.74) is 3.56. The molecule has 0 unspecified atom stereocenters. The molecule has 0 bridgehead atoms. The number of pyridine rings is 3. The van der Waals surface area contributed by atoms with Gasteiger partial charge < -0.3 is 24.1 Å². The number of methoxy groups -OCH3 is 1. The summed E-state index contributed by atoms with van der Waals surface area (Å²) in [6.07, 6.45) is 5.14. The SMILES string of the molecule is COc1cc(C)c(-n2c(C3CC3)ccc(C(=O)Nc3ccc(Oc4ccnc5c4cc(C(C)C)n5COCC[Si](C)(C)C)c(F)c3)c2=O)cn1. The summed E-state index contributed by atoms with van der Waals surface area (Å²) in [5.74, 6) is -0.0274. The first-order chi connectivity index (χ1) is 23.8. The minimum absolute atomic E-state index is 0.0145. The van der Waals surface area contributed by atoms with E-state index in [-0.39, 0.29) is 28.8 Å². The molecule has 50 heavy (non-hydrogen) atoms. The maximum absolute atomic E-state index is 15.5. The maximum atomic E-state index is 15.5. The summed E-state index contributed by atoms with van der Waals surface area (Å²) < 4.78 is 36.5. The van der Waals surface area contributed by atoms with E-state index in [2.05, 4.69) is 48.8 Å². The van der Waals surface area contributed by atoms with E-state index < -0.39 is 25.4 Å². The fraction of sp³-hybridized carbons (Fsp3) is 0.368. The quantitative estimate of drug-likeness (QED) is 0.0972. The fourth-order valence-electron chi connectivity index (χ4n) is 5.90. The number of anilines is 1. The van der Waals surface area contributed by atoms with Crippen LogP contribution >= 0.6 is 0 Å². The number of carbonyl (C=O) groups excluding carboxylic acids is 1. The van der Waals surface area contributed by atoms with Gasteiger partial charge in [-0.05, 0) is 79.6 Å². The Morgan fingerprint density at radius 3 is 2.50 bits per heavy atom. The highest BCUT2D eigenvalue weighted by Crippen LogP contribution is 2.41. The minimum Gasteiger partial charge on any atom is -0.481 e. The molecule has 1 fully saturated rings. The van der Waals surface area contributed by atoms with Gasteiger partial charge in [0.25, 0.3) is 11.5 Å². The van der Waals surface area contributed by atoms with E-state index in [1.54, 1.807) is 35.2 Å². The molecule has 0 radical (unpaired) electrons. The van der Waals surface area contributed by atoms with Gasteiger partial charge in [-0.2, -0.15) is 0 Å². The summed E-state index contributed by atoms with van der Waals surface area (Å²) in [6.45, 7) is 14.1. The van der Waals surface area contributed by atoms with Crippen molar-refractivity contribution in [1.82, 2.24) is 19.1 Å². The molecule has 4 aromatic heterocycles. The average molecular weight is 698 g/mol. The van der Waals surface area contributed by atoms with Crippen molar-refractivity contribution < 1.29 is 23.4 Å². The molecule has 0 saturated heterocycles. The van der Waals surface area contributed by atoms with Gasteiger partial charge in [0.15, 0.2) is 11.6 Å². The number of amides is 1. The van der Waals surface area contributed by atoms with Crippen molar-refractivity contribution in [2.75, 3.05) is 19.0 Å². The third-order valence-corrected chi connectivity index (χ3v) is 10.6. The van der Waals surface area contributed by atoms with Crippen LogP contribution in [0.4, 0.5) is 10.1 Å². The third kappa shape index (κ3) is 7.51. The van der Waals surface area contributed by atoms with Crippen LogP contribution in [0.5, 0.6) is 17.4 Å². The van der Waals surface area contributed by atoms with Gasteiger partial charge in [-0.25, -0.2) is 14.4 Å². The number of halogens is 1. The van der Waals surface area contributed by atoms with Crippen LogP contribution in [0, 0.1) is 12.7 Å². The topological polar surface area (TPSA) is 110 Å². The van der Waals surface area contributed by atoms with Crippen LogP contribution in [0.15, 0.2) is 65.7 Å². The maximum Gasteiger partial charge on any atom is 0.268 e. The number of nitrogens with one attached hydrogen (secondary N) is 1. The summed E-state index contributed by atoms with van der Waals surface area (Å²) in [5, 5.41) is 3.43. The van der Waals surface area contributed by atoms with Gasteiger partial charge >= 0.3 is 0 Å². The second kappa shape index (κ2) is 14.2. The van der Waals surface area contributed by atoms with E-state index >= 15 is 4.39 Å². The fourth-order valence-corrected chi connectivity index (χ4v) is 6.66. The number of aryl methyl sites for hydroxylation is 1. The largest absolute Gasteiger partial charge is 0.481 e. The molecular weight excluding hydrogens is 654 g/mol. The number of rotatable bonds is 13. The average Bonchev–Trinajstić information content (AvgIpc) is 3.84. The van der Waals surface area contributed by atoms with Gasteiger partial charge in [0.05, 0.1) is 24.4 Å². The Morgan fingerprint density at radius 1 is 1.06 bits per heavy atom. The van der Waals surface area contributed by atoms with Crippen molar-refractivity contribution in [2.24, 2.45) is 0 Å². The highest BCUT2D eigenvalue weighted by Gasteiger charge is 2.29. The van der Waals surface area contributed by atoms with Gasteiger partial charge in [-0.15, -0.1) is 0 Å². The van der Waals surface area contributed by atoms with Crippen molar-refractivity contribution in [3.63, 3.8) is 0 Å². The number of hydrogen-bond donors (Lipinski definition) is 1. The summed E-state index contributed by atoms with van der Waals surface area (Å²) in [4.78, 5) is 36.1. The number of carbonyl (C=O) groups is 1. The van der Waals surface area contributed by atoms with Gasteiger partial charge in [-0.3, -0.25) is 14.2 Å². The van der Waals surface area contributed by atoms with Crippen LogP contribution in [0.25, 0.3) is 16.7 Å². The lowest BCUT2D eigenvalue weighted by Gasteiger charge is -2.17. The lowest BCUT2D eigenvalue weighted by Crippen LogP contribution is -2.30. The summed E-state index contributed by atoms with van der Waals surface area (Å²) >= 11 is 0. The van der Waals surface area contributed by atoms with Crippen molar-refractivity contribution in [2.45, 2.75) is 77.9 Å². The monoisotopic (exact) mass is 697 g/mol. The Kier molecular flexibility index (Phi) is 9.95. The normalized spacial score (nSPS) is 13.2. The van der Waals surface area contributed by atoms with Crippen molar-refractivity contribution in [3.05, 3.63) is 99.6 Å². The van der Waals surface area contributed by atoms with Crippen LogP contribution in [-0.2, 0) is 11.5 Å². The van der Waals surface area contributed by atoms with E-state index in [1.165, 1.54) is 25.3 Å². The standard InChI is InChI=1S/C38H44FN5O5Si/c1-23(2)31-20-28-33(14-15-40-36(28)43(31)22-48-16-17-50(5,6)7)49-34-13-10-26(19-29(34)39)42-37(45)27-11-12-30(25-8-9-25)44(38(27)46)32-21-41-35(47-4)18-24(32)3/h10-15,18-21,23,25H,8-9,16-17,22H2,1-7H3,(H,42,45). The second-order valence-electron chi connectivity index (χ2n) is 14.3. The van der Waals surface area contributed by atoms with E-state index in [4.69, 9.17) is 14.2 Å². The molecule has 0 aliphatic heterocycles. The molecule has 5 aromatic rings. The van der Waals surface area contributed by atoms with Crippen molar-refractivity contribution in [1.29, 1.82) is 0 Å². The van der Waals surface area contributed by atoms with Gasteiger partial charge in [0.1, 0.15) is 23.7 Å². The highest BCUT2D eigenvalue weighted by atomic mass is 28.3. The first-order valence-corrected chi connectivity index (χ1v) is 20.7. The van der Waals surface area contributed by atoms with Gasteiger partial charge in [0.2, 0.25) is 5.88 Å². The minimum atomic E-state index is -1.23. The van der Waals surface area contributed by atoms with E-state index in [9.17, 15) is 9.59 Å². The zero-order chi connectivity index (χ0) is 35.7. The summed E-state index contributed by atoms with van der Waals surface area (Å²) in [7, 11) is 0.297. The second-order valence-corrected chi connectivity index (χ2v) is 20.0. The van der Waals surface area contributed by atoms with E-state index in [0.717, 1.165) is 41.2 Å². The Labute approximate surface area is 292 Å². The number of benzene rings is 1. The molecule has 0 atom stereocenters. The number of nitrogens with zero attached hydrogens (tertiary/aromatic N) is 4. The van der Waals surface area contributed by atoms with Crippen LogP contribution < -0.4 is 20.3 Å². The van der Waals surface area contributed by atoms with Crippen LogP contribution in [0.3, 0.4) is 0 Å². The number of hydrogen-bond acceptors (Lipinski definition) is 7. The van der Waals surface area contributed by atoms with Crippen molar-refractivity contribution >= 4 is 30.7 Å². The molecule has 1 aliphatic rings. The van der Waals surface area contributed by atoms with Crippen LogP contribution in [-0.4, -0.2) is 46.8 Å². The molecule has 6 rings (SSSR count). The van der Waals surface area contributed by atoms with Gasteiger partial charge in [0, 0.05) is 50.1 Å². The molecule has 1 amide bonds. The molecule has 12 heteroatoms. The lowest BCUT2D eigenvalue weighted by atomic mass is 10.1. The zero-order valence-electron chi connectivity index (χ0n) is 29.7. The molecule has 1 aliphatic carbocycles. The molecule has 1 N–H and O–H groups in total. The first-order valence-electron chi connectivity index (χ1n) is 17.0. The van der Waals surface area contributed by atoms with Crippen molar-refractivity contribution in [3.8, 4) is 23.1 Å². The molecule has 10 nitrogen and oxygen atoms in total. The predicted octanol–water partition coefficient (Wildman–Crippen LogP) is 8.40. The van der Waals surface area contributed by atoms with E-state index in [1.807, 2.05) is 23.6 Å². The van der Waals surface area contributed by atoms with E-state index in [0.29, 0.717) is 36.3 Å². The molecule has 1 aromatic carbocycles. The first kappa shape index (κ1) is 35.0. The highest BCUT2D eigenvalue weighted by molar-refractivity contribution is 6.76. The predicted molar refractivity (Wildman–Crippen MR) is 195 cm³/mol. The number of ether oxygens (including phenoxy) is 3.